The highest BCUT2D eigenvalue weighted by Gasteiger charge is 2.17. The molecule has 1 N–H and O–H groups in total. The van der Waals surface area contributed by atoms with Crippen molar-refractivity contribution in [2.75, 3.05) is 25.3 Å². The Kier molecular flexibility index (Phi) is 5.58. The van der Waals surface area contributed by atoms with Gasteiger partial charge in [-0.15, -0.1) is 12.4 Å². The van der Waals surface area contributed by atoms with Crippen molar-refractivity contribution in [3.63, 3.8) is 0 Å². The highest BCUT2D eigenvalue weighted by Crippen LogP contribution is 2.40. The Morgan fingerprint density at radius 2 is 1.86 bits per heavy atom. The monoisotopic (exact) mass is 307 g/mol. The molecule has 0 saturated carbocycles. The summed E-state index contributed by atoms with van der Waals surface area (Å²) in [5.74, 6) is 2.22. The van der Waals surface area contributed by atoms with E-state index < -0.39 is 0 Å². The van der Waals surface area contributed by atoms with Crippen molar-refractivity contribution in [3.05, 3.63) is 48.5 Å². The quantitative estimate of drug-likeness (QED) is 0.826. The first kappa shape index (κ1) is 15.3. The lowest BCUT2D eigenvalue weighted by atomic mass is 10.3. The lowest BCUT2D eigenvalue weighted by Crippen LogP contribution is -2.07. The van der Waals surface area contributed by atoms with Crippen LogP contribution in [-0.4, -0.2) is 19.9 Å². The van der Waals surface area contributed by atoms with Crippen LogP contribution >= 0.6 is 12.4 Å². The van der Waals surface area contributed by atoms with Gasteiger partial charge in [0, 0.05) is 12.2 Å². The van der Waals surface area contributed by atoms with Gasteiger partial charge in [0.15, 0.2) is 11.5 Å². The largest absolute Gasteiger partial charge is 0.489 e. The van der Waals surface area contributed by atoms with Gasteiger partial charge >= 0.3 is 0 Å². The van der Waals surface area contributed by atoms with Gasteiger partial charge in [0.25, 0.3) is 0 Å². The molecule has 1 aliphatic heterocycles. The van der Waals surface area contributed by atoms with E-state index in [1.165, 1.54) is 0 Å². The van der Waals surface area contributed by atoms with Crippen molar-refractivity contribution in [2.45, 2.75) is 6.42 Å². The SMILES string of the molecule is Cl.c1ccc(NCCCOc2cccc3c2OCO3)cc1. The third-order valence-corrected chi connectivity index (χ3v) is 3.04. The van der Waals surface area contributed by atoms with Crippen molar-refractivity contribution >= 4 is 18.1 Å². The summed E-state index contributed by atoms with van der Waals surface area (Å²) in [4.78, 5) is 0. The number of para-hydroxylation sites is 2. The van der Waals surface area contributed by atoms with Gasteiger partial charge in [-0.3, -0.25) is 0 Å². The lowest BCUT2D eigenvalue weighted by Gasteiger charge is -2.09. The molecule has 112 valence electrons. The summed E-state index contributed by atoms with van der Waals surface area (Å²) in [6.07, 6.45) is 0.916. The molecule has 0 atom stereocenters. The average Bonchev–Trinajstić information content (AvgIpc) is 2.97. The van der Waals surface area contributed by atoms with Gasteiger partial charge in [-0.05, 0) is 30.7 Å². The minimum absolute atomic E-state index is 0. The zero-order valence-corrected chi connectivity index (χ0v) is 12.4. The van der Waals surface area contributed by atoms with Crippen molar-refractivity contribution < 1.29 is 14.2 Å². The smallest absolute Gasteiger partial charge is 0.231 e. The molecule has 2 aromatic carbocycles. The van der Waals surface area contributed by atoms with E-state index in [1.807, 2.05) is 36.4 Å². The Labute approximate surface area is 130 Å². The number of nitrogens with one attached hydrogen (secondary N) is 1. The van der Waals surface area contributed by atoms with Gasteiger partial charge in [-0.2, -0.15) is 0 Å². The van der Waals surface area contributed by atoms with E-state index in [2.05, 4.69) is 17.4 Å². The Bertz CT molecular complexity index is 563. The summed E-state index contributed by atoms with van der Waals surface area (Å²) in [5, 5.41) is 3.35. The van der Waals surface area contributed by atoms with Gasteiger partial charge in [-0.25, -0.2) is 0 Å². The van der Waals surface area contributed by atoms with E-state index in [0.717, 1.165) is 30.2 Å². The number of hydrogen-bond donors (Lipinski definition) is 1. The van der Waals surface area contributed by atoms with E-state index in [4.69, 9.17) is 14.2 Å². The van der Waals surface area contributed by atoms with Crippen molar-refractivity contribution in [2.24, 2.45) is 0 Å². The second-order valence-electron chi connectivity index (χ2n) is 4.48. The Balaban J connectivity index is 0.00000161. The molecule has 0 aliphatic carbocycles. The standard InChI is InChI=1S/C16H17NO3.ClH/c1-2-6-13(7-3-1)17-10-5-11-18-14-8-4-9-15-16(14)20-12-19-15;/h1-4,6-9,17H,5,10-12H2;1H. The lowest BCUT2D eigenvalue weighted by molar-refractivity contribution is 0.169. The molecule has 0 fully saturated rings. The third-order valence-electron chi connectivity index (χ3n) is 3.04. The van der Waals surface area contributed by atoms with Crippen LogP contribution in [-0.2, 0) is 0 Å². The Morgan fingerprint density at radius 3 is 2.71 bits per heavy atom. The molecule has 21 heavy (non-hydrogen) atoms. The van der Waals surface area contributed by atoms with E-state index in [-0.39, 0.29) is 19.2 Å². The summed E-state index contributed by atoms with van der Waals surface area (Å²) in [6.45, 7) is 1.78. The number of benzene rings is 2. The van der Waals surface area contributed by atoms with Gasteiger partial charge < -0.3 is 19.5 Å². The van der Waals surface area contributed by atoms with Crippen LogP contribution in [0.1, 0.15) is 6.42 Å². The fourth-order valence-corrected chi connectivity index (χ4v) is 2.06. The van der Waals surface area contributed by atoms with E-state index in [1.54, 1.807) is 0 Å². The number of hydrogen-bond acceptors (Lipinski definition) is 4. The fraction of sp³-hybridized carbons (Fsp3) is 0.250. The molecule has 0 radical (unpaired) electrons. The predicted molar refractivity (Wildman–Crippen MR) is 84.9 cm³/mol. The summed E-state index contributed by atoms with van der Waals surface area (Å²) < 4.78 is 16.4. The molecule has 0 unspecified atom stereocenters. The first-order valence-electron chi connectivity index (χ1n) is 6.74. The molecule has 0 aromatic heterocycles. The Hall–Kier alpha value is -2.07. The summed E-state index contributed by atoms with van der Waals surface area (Å²) >= 11 is 0. The van der Waals surface area contributed by atoms with E-state index in [9.17, 15) is 0 Å². The van der Waals surface area contributed by atoms with E-state index in [0.29, 0.717) is 12.4 Å². The highest BCUT2D eigenvalue weighted by molar-refractivity contribution is 5.85. The third kappa shape index (κ3) is 3.95. The summed E-state index contributed by atoms with van der Waals surface area (Å²) in [7, 11) is 0. The molecule has 0 amide bonds. The molecule has 1 aliphatic rings. The molecule has 0 spiro atoms. The maximum atomic E-state index is 5.74. The zero-order chi connectivity index (χ0) is 13.6. The number of fused-ring (bicyclic) bond motifs is 1. The van der Waals surface area contributed by atoms with Crippen LogP contribution in [0.2, 0.25) is 0 Å². The van der Waals surface area contributed by atoms with Crippen LogP contribution in [0.25, 0.3) is 0 Å². The van der Waals surface area contributed by atoms with Crippen molar-refractivity contribution in [3.8, 4) is 17.2 Å². The maximum absolute atomic E-state index is 5.74. The molecule has 0 saturated heterocycles. The van der Waals surface area contributed by atoms with Gasteiger partial charge in [0.2, 0.25) is 12.5 Å². The molecule has 4 nitrogen and oxygen atoms in total. The van der Waals surface area contributed by atoms with Crippen LogP contribution in [0.5, 0.6) is 17.2 Å². The summed E-state index contributed by atoms with van der Waals surface area (Å²) in [5.41, 5.74) is 1.13. The Morgan fingerprint density at radius 1 is 1.00 bits per heavy atom. The van der Waals surface area contributed by atoms with Crippen LogP contribution in [0.15, 0.2) is 48.5 Å². The molecule has 1 heterocycles. The number of halogens is 1. The molecule has 0 bridgehead atoms. The van der Waals surface area contributed by atoms with Crippen LogP contribution in [0.3, 0.4) is 0 Å². The normalized spacial score (nSPS) is 11.6. The summed E-state index contributed by atoms with van der Waals surface area (Å²) in [6, 6.07) is 15.8. The fourth-order valence-electron chi connectivity index (χ4n) is 2.06. The van der Waals surface area contributed by atoms with Crippen LogP contribution in [0.4, 0.5) is 5.69 Å². The molecular formula is C16H18ClNO3. The zero-order valence-electron chi connectivity index (χ0n) is 11.6. The highest BCUT2D eigenvalue weighted by atomic mass is 35.5. The minimum Gasteiger partial charge on any atom is -0.489 e. The van der Waals surface area contributed by atoms with E-state index >= 15 is 0 Å². The number of ether oxygens (including phenoxy) is 3. The van der Waals surface area contributed by atoms with Gasteiger partial charge in [-0.1, -0.05) is 24.3 Å². The predicted octanol–water partition coefficient (Wildman–Crippen LogP) is 3.72. The van der Waals surface area contributed by atoms with Crippen LogP contribution in [0, 0.1) is 0 Å². The first-order chi connectivity index (χ1) is 9.93. The van der Waals surface area contributed by atoms with Gasteiger partial charge in [0.1, 0.15) is 0 Å². The maximum Gasteiger partial charge on any atom is 0.231 e. The average molecular weight is 308 g/mol. The van der Waals surface area contributed by atoms with Crippen LogP contribution < -0.4 is 19.5 Å². The molecule has 3 rings (SSSR count). The number of rotatable bonds is 6. The van der Waals surface area contributed by atoms with Crippen molar-refractivity contribution in [1.29, 1.82) is 0 Å². The van der Waals surface area contributed by atoms with Crippen molar-refractivity contribution in [1.82, 2.24) is 0 Å². The molecule has 2 aromatic rings. The molecule has 5 heteroatoms. The second-order valence-corrected chi connectivity index (χ2v) is 4.48. The van der Waals surface area contributed by atoms with Gasteiger partial charge in [0.05, 0.1) is 6.61 Å². The number of anilines is 1. The topological polar surface area (TPSA) is 39.7 Å². The first-order valence-corrected chi connectivity index (χ1v) is 6.74. The molecular weight excluding hydrogens is 290 g/mol. The minimum atomic E-state index is 0. The second kappa shape index (κ2) is 7.64.